The van der Waals surface area contributed by atoms with Crippen LogP contribution in [0.15, 0.2) is 12.4 Å². The fraction of sp³-hybridized carbons (Fsp3) is 0.444. The van der Waals surface area contributed by atoms with E-state index in [4.69, 9.17) is 6.42 Å². The summed E-state index contributed by atoms with van der Waals surface area (Å²) in [6.07, 6.45) is 9.89. The van der Waals surface area contributed by atoms with Crippen LogP contribution in [-0.2, 0) is 0 Å². The highest BCUT2D eigenvalue weighted by atomic mass is 15.3. The van der Waals surface area contributed by atoms with Gasteiger partial charge < -0.3 is 0 Å². The van der Waals surface area contributed by atoms with Crippen LogP contribution in [0.5, 0.6) is 0 Å². The maximum absolute atomic E-state index is 5.20. The average Bonchev–Trinajstić information content (AvgIpc) is 2.50. The molecular formula is C9H12N2. The molecule has 1 rings (SSSR count). The molecule has 1 heterocycles. The molecule has 1 atom stereocenters. The largest absolute Gasteiger partial charge is 0.269 e. The fourth-order valence-corrected chi connectivity index (χ4v) is 0.841. The molecule has 0 bridgehead atoms. The van der Waals surface area contributed by atoms with Gasteiger partial charge in [-0.2, -0.15) is 5.10 Å². The van der Waals surface area contributed by atoms with E-state index in [9.17, 15) is 0 Å². The summed E-state index contributed by atoms with van der Waals surface area (Å²) in [5.41, 5.74) is 0.852. The maximum Gasteiger partial charge on any atom is 0.0646 e. The summed E-state index contributed by atoms with van der Waals surface area (Å²) >= 11 is 0. The molecule has 2 nitrogen and oxygen atoms in total. The van der Waals surface area contributed by atoms with E-state index in [1.807, 2.05) is 10.9 Å². The quantitative estimate of drug-likeness (QED) is 0.585. The van der Waals surface area contributed by atoms with Crippen LogP contribution in [0.3, 0.4) is 0 Å². The van der Waals surface area contributed by atoms with Crippen LogP contribution < -0.4 is 0 Å². The first-order valence-corrected chi connectivity index (χ1v) is 3.78. The third kappa shape index (κ3) is 1.62. The molecule has 11 heavy (non-hydrogen) atoms. The monoisotopic (exact) mass is 148 g/mol. The van der Waals surface area contributed by atoms with E-state index in [1.165, 1.54) is 0 Å². The van der Waals surface area contributed by atoms with Gasteiger partial charge in [0.2, 0.25) is 0 Å². The second-order valence-corrected chi connectivity index (χ2v) is 2.61. The zero-order chi connectivity index (χ0) is 8.27. The van der Waals surface area contributed by atoms with Crippen LogP contribution >= 0.6 is 0 Å². The molecule has 0 amide bonds. The Balaban J connectivity index is 2.82. The molecule has 0 fully saturated rings. The lowest BCUT2D eigenvalue weighted by Gasteiger charge is -2.07. The molecule has 58 valence electrons. The Morgan fingerprint density at radius 1 is 1.82 bits per heavy atom. The second-order valence-electron chi connectivity index (χ2n) is 2.61. The SMILES string of the molecule is C#Cc1cnn([C@@H](C)CC)c1. The van der Waals surface area contributed by atoms with Crippen LogP contribution in [0.25, 0.3) is 0 Å². The lowest BCUT2D eigenvalue weighted by Crippen LogP contribution is -2.03. The van der Waals surface area contributed by atoms with Crippen molar-refractivity contribution in [3.63, 3.8) is 0 Å². The van der Waals surface area contributed by atoms with Gasteiger partial charge in [-0.15, -0.1) is 6.42 Å². The highest BCUT2D eigenvalue weighted by Gasteiger charge is 2.01. The lowest BCUT2D eigenvalue weighted by atomic mass is 10.3. The third-order valence-corrected chi connectivity index (χ3v) is 1.81. The molecule has 0 aromatic carbocycles. The Morgan fingerprint density at radius 2 is 2.55 bits per heavy atom. The third-order valence-electron chi connectivity index (χ3n) is 1.81. The molecule has 0 aliphatic rings. The summed E-state index contributed by atoms with van der Waals surface area (Å²) in [6.45, 7) is 4.25. The predicted molar refractivity (Wildman–Crippen MR) is 45.2 cm³/mol. The van der Waals surface area contributed by atoms with Crippen molar-refractivity contribution < 1.29 is 0 Å². The van der Waals surface area contributed by atoms with Gasteiger partial charge in [0.15, 0.2) is 0 Å². The van der Waals surface area contributed by atoms with Crippen molar-refractivity contribution in [3.8, 4) is 12.3 Å². The summed E-state index contributed by atoms with van der Waals surface area (Å²) < 4.78 is 1.90. The minimum Gasteiger partial charge on any atom is -0.269 e. The normalized spacial score (nSPS) is 12.5. The minimum atomic E-state index is 0.442. The highest BCUT2D eigenvalue weighted by Crippen LogP contribution is 2.08. The summed E-state index contributed by atoms with van der Waals surface area (Å²) in [7, 11) is 0. The van der Waals surface area contributed by atoms with Crippen molar-refractivity contribution in [3.05, 3.63) is 18.0 Å². The molecule has 0 unspecified atom stereocenters. The van der Waals surface area contributed by atoms with Crippen LogP contribution in [0, 0.1) is 12.3 Å². The zero-order valence-electron chi connectivity index (χ0n) is 6.91. The van der Waals surface area contributed by atoms with E-state index in [2.05, 4.69) is 24.9 Å². The first-order chi connectivity index (χ1) is 5.27. The van der Waals surface area contributed by atoms with E-state index >= 15 is 0 Å². The summed E-state index contributed by atoms with van der Waals surface area (Å²) in [5, 5.41) is 4.13. The summed E-state index contributed by atoms with van der Waals surface area (Å²) in [4.78, 5) is 0. The molecule has 1 aromatic heterocycles. The van der Waals surface area contributed by atoms with Crippen molar-refractivity contribution in [2.75, 3.05) is 0 Å². The summed E-state index contributed by atoms with van der Waals surface area (Å²) in [6, 6.07) is 0.442. The average molecular weight is 148 g/mol. The molecule has 0 spiro atoms. The van der Waals surface area contributed by atoms with E-state index in [1.54, 1.807) is 6.20 Å². The lowest BCUT2D eigenvalue weighted by molar-refractivity contribution is 0.478. The first-order valence-electron chi connectivity index (χ1n) is 3.78. The fourth-order valence-electron chi connectivity index (χ4n) is 0.841. The van der Waals surface area contributed by atoms with Gasteiger partial charge in [0.25, 0.3) is 0 Å². The standard InChI is InChI=1S/C9H12N2/c1-4-8(3)11-7-9(5-2)6-10-11/h2,6-8H,4H2,1,3H3/t8-/m0/s1. The van der Waals surface area contributed by atoms with E-state index in [0.717, 1.165) is 12.0 Å². The second kappa shape index (κ2) is 3.25. The maximum atomic E-state index is 5.20. The number of hydrogen-bond donors (Lipinski definition) is 0. The van der Waals surface area contributed by atoms with Crippen LogP contribution in [0.1, 0.15) is 31.9 Å². The molecule has 0 radical (unpaired) electrons. The minimum absolute atomic E-state index is 0.442. The molecule has 0 N–H and O–H groups in total. The highest BCUT2D eigenvalue weighted by molar-refractivity contribution is 5.26. The molecule has 1 aromatic rings. The van der Waals surface area contributed by atoms with Gasteiger partial charge in [-0.3, -0.25) is 4.68 Å². The van der Waals surface area contributed by atoms with E-state index < -0.39 is 0 Å². The predicted octanol–water partition coefficient (Wildman–Crippen LogP) is 1.84. The van der Waals surface area contributed by atoms with E-state index in [-0.39, 0.29) is 0 Å². The Labute approximate surface area is 67.2 Å². The van der Waals surface area contributed by atoms with Gasteiger partial charge in [-0.1, -0.05) is 12.8 Å². The molecule has 0 saturated heterocycles. The van der Waals surface area contributed by atoms with Gasteiger partial charge in [0, 0.05) is 12.2 Å². The Hall–Kier alpha value is -1.23. The van der Waals surface area contributed by atoms with Gasteiger partial charge >= 0.3 is 0 Å². The van der Waals surface area contributed by atoms with Gasteiger partial charge in [0.05, 0.1) is 11.8 Å². The molecule has 0 saturated carbocycles. The first kappa shape index (κ1) is 7.87. The van der Waals surface area contributed by atoms with Crippen molar-refractivity contribution in [1.82, 2.24) is 9.78 Å². The molecule has 2 heteroatoms. The Kier molecular flexibility index (Phi) is 2.32. The van der Waals surface area contributed by atoms with Gasteiger partial charge in [0.1, 0.15) is 0 Å². The molecular weight excluding hydrogens is 136 g/mol. The Bertz CT molecular complexity index is 267. The number of rotatable bonds is 2. The van der Waals surface area contributed by atoms with Gasteiger partial charge in [-0.05, 0) is 13.3 Å². The molecule has 0 aliphatic carbocycles. The number of nitrogens with zero attached hydrogens (tertiary/aromatic N) is 2. The van der Waals surface area contributed by atoms with Crippen LogP contribution in [-0.4, -0.2) is 9.78 Å². The number of aromatic nitrogens is 2. The smallest absolute Gasteiger partial charge is 0.0646 e. The molecule has 0 aliphatic heterocycles. The summed E-state index contributed by atoms with van der Waals surface area (Å²) in [5.74, 6) is 2.54. The van der Waals surface area contributed by atoms with Crippen molar-refractivity contribution in [2.24, 2.45) is 0 Å². The van der Waals surface area contributed by atoms with Crippen molar-refractivity contribution in [1.29, 1.82) is 0 Å². The van der Waals surface area contributed by atoms with Crippen LogP contribution in [0.2, 0.25) is 0 Å². The van der Waals surface area contributed by atoms with Gasteiger partial charge in [-0.25, -0.2) is 0 Å². The Morgan fingerprint density at radius 3 is 3.00 bits per heavy atom. The van der Waals surface area contributed by atoms with E-state index in [0.29, 0.717) is 6.04 Å². The van der Waals surface area contributed by atoms with Crippen molar-refractivity contribution in [2.45, 2.75) is 26.3 Å². The topological polar surface area (TPSA) is 17.8 Å². The zero-order valence-corrected chi connectivity index (χ0v) is 6.91. The number of terminal acetylenes is 1. The van der Waals surface area contributed by atoms with Crippen molar-refractivity contribution >= 4 is 0 Å². The van der Waals surface area contributed by atoms with Crippen LogP contribution in [0.4, 0.5) is 0 Å². The number of hydrogen-bond acceptors (Lipinski definition) is 1.